The summed E-state index contributed by atoms with van der Waals surface area (Å²) in [7, 11) is 0. The monoisotopic (exact) mass is 1130 g/mol. The minimum atomic E-state index is -5.02. The standard InChI is InChI=1S/C20H20F4N4O2.C19H21ClN4O.C17H21F3N4O/c1-11-5-7-14-17(25-11)28(18(26-14)27-16(29)10-19(2,3)4)12-6-8-15(13(21)9-12)30-20(22,23)24;1-12-5-10-15-17(21-12)24(14-8-6-13(20)7-9-14)18(22-15)23-16(25)11-19(2,3)4;1-10-7-8-12-14(21-10)24(11-5-4-6-11)15(22-12)23-13(25)9-16(2,3)17(18,19)20/h5-9H,10H2,1-4H3,(H,26,27,29);5-10H,11H2,1-4H3,(H,22,23,25);7-8,11H,4-6,9H2,1-3H3,(H,22,23,25). The lowest BCUT2D eigenvalue weighted by molar-refractivity contribution is -0.275. The lowest BCUT2D eigenvalue weighted by Gasteiger charge is -2.29. The molecule has 0 radical (unpaired) electrons. The number of carbonyl (C=O) groups excluding carboxylic acids is 3. The van der Waals surface area contributed by atoms with Gasteiger partial charge in [-0.25, -0.2) is 34.3 Å². The van der Waals surface area contributed by atoms with Crippen molar-refractivity contribution in [1.29, 1.82) is 0 Å². The van der Waals surface area contributed by atoms with E-state index in [1.165, 1.54) is 10.6 Å². The maximum Gasteiger partial charge on any atom is 0.573 e. The Balaban J connectivity index is 0.000000174. The molecule has 0 saturated heterocycles. The maximum atomic E-state index is 14.3. The van der Waals surface area contributed by atoms with Crippen molar-refractivity contribution in [2.24, 2.45) is 16.2 Å². The highest BCUT2D eigenvalue weighted by atomic mass is 35.5. The number of imidazole rings is 3. The van der Waals surface area contributed by atoms with E-state index in [0.717, 1.165) is 67.8 Å². The molecule has 6 aromatic heterocycles. The lowest BCUT2D eigenvalue weighted by Crippen LogP contribution is -2.36. The van der Waals surface area contributed by atoms with Crippen LogP contribution in [0.15, 0.2) is 78.9 Å². The molecule has 24 heteroatoms. The molecule has 3 amide bonds. The van der Waals surface area contributed by atoms with Crippen LogP contribution in [-0.2, 0) is 14.4 Å². The third-order valence-electron chi connectivity index (χ3n) is 12.4. The lowest BCUT2D eigenvalue weighted by atomic mass is 9.88. The number of aromatic nitrogens is 9. The van der Waals surface area contributed by atoms with Gasteiger partial charge in [0.1, 0.15) is 16.6 Å². The van der Waals surface area contributed by atoms with Crippen LogP contribution >= 0.6 is 11.6 Å². The Labute approximate surface area is 461 Å². The number of anilines is 3. The number of rotatable bonds is 11. The summed E-state index contributed by atoms with van der Waals surface area (Å²) in [5.74, 6) is -2.44. The second kappa shape index (κ2) is 23.2. The number of halogens is 8. The van der Waals surface area contributed by atoms with Crippen LogP contribution in [0, 0.1) is 42.8 Å². The SMILES string of the molecule is Cc1ccc2nc(NC(=O)CC(C)(C)C(F)(F)F)n(C3CCC3)c2n1.Cc1ccc2nc(NC(=O)CC(C)(C)C)n(-c3ccc(Cl)cc3)c2n1.Cc1ccc2nc(NC(=O)CC(C)(C)C)n(-c3ccc(OC(F)(F)F)c(F)c3)c2n1. The topological polar surface area (TPSA) is 189 Å². The fraction of sp³-hybridized carbons (Fsp3) is 0.411. The molecular formula is C56H62ClF7N12O4. The molecule has 0 spiro atoms. The van der Waals surface area contributed by atoms with Gasteiger partial charge in [0.05, 0.1) is 16.8 Å². The summed E-state index contributed by atoms with van der Waals surface area (Å²) in [5.41, 5.74) is 4.33. The van der Waals surface area contributed by atoms with Gasteiger partial charge in [-0.15, -0.1) is 13.2 Å². The van der Waals surface area contributed by atoms with E-state index in [9.17, 15) is 45.1 Å². The predicted octanol–water partition coefficient (Wildman–Crippen LogP) is 14.3. The number of nitrogens with one attached hydrogen (secondary N) is 3. The first-order valence-electron chi connectivity index (χ1n) is 25.5. The van der Waals surface area contributed by atoms with Crippen LogP contribution in [0.3, 0.4) is 0 Å². The zero-order valence-corrected chi connectivity index (χ0v) is 46.8. The van der Waals surface area contributed by atoms with Crippen molar-refractivity contribution < 1.29 is 49.9 Å². The number of ether oxygens (including phenoxy) is 1. The molecule has 0 bridgehead atoms. The van der Waals surface area contributed by atoms with Crippen LogP contribution in [-0.4, -0.2) is 73.9 Å². The van der Waals surface area contributed by atoms with Gasteiger partial charge in [0, 0.05) is 53.5 Å². The molecule has 9 rings (SSSR count). The second-order valence-corrected chi connectivity index (χ2v) is 23.1. The molecule has 0 atom stereocenters. The first-order valence-corrected chi connectivity index (χ1v) is 25.9. The van der Waals surface area contributed by atoms with Gasteiger partial charge in [-0.1, -0.05) is 67.0 Å². The Morgan fingerprint density at radius 1 is 0.562 bits per heavy atom. The summed E-state index contributed by atoms with van der Waals surface area (Å²) in [6.45, 7) is 19.4. The molecule has 1 fully saturated rings. The zero-order chi connectivity index (χ0) is 58.9. The van der Waals surface area contributed by atoms with E-state index >= 15 is 0 Å². The van der Waals surface area contributed by atoms with Crippen molar-refractivity contribution in [3.63, 3.8) is 0 Å². The van der Waals surface area contributed by atoms with Crippen molar-refractivity contribution in [2.45, 2.75) is 133 Å². The van der Waals surface area contributed by atoms with Gasteiger partial charge in [0.15, 0.2) is 28.5 Å². The highest BCUT2D eigenvalue weighted by Gasteiger charge is 2.48. The molecule has 16 nitrogen and oxygen atoms in total. The average Bonchev–Trinajstić information content (AvgIpc) is 4.18. The zero-order valence-electron chi connectivity index (χ0n) is 46.0. The van der Waals surface area contributed by atoms with Gasteiger partial charge in [0.2, 0.25) is 35.6 Å². The van der Waals surface area contributed by atoms with Crippen LogP contribution in [0.2, 0.25) is 5.02 Å². The second-order valence-electron chi connectivity index (χ2n) is 22.6. The summed E-state index contributed by atoms with van der Waals surface area (Å²) >= 11 is 6.00. The number of alkyl halides is 6. The third-order valence-corrected chi connectivity index (χ3v) is 12.6. The summed E-state index contributed by atoms with van der Waals surface area (Å²) < 4.78 is 99.4. The number of hydrogen-bond donors (Lipinski definition) is 3. The van der Waals surface area contributed by atoms with E-state index < -0.39 is 41.8 Å². The number of carbonyl (C=O) groups is 3. The van der Waals surface area contributed by atoms with Crippen LogP contribution < -0.4 is 20.7 Å². The van der Waals surface area contributed by atoms with E-state index in [4.69, 9.17) is 11.6 Å². The van der Waals surface area contributed by atoms with Gasteiger partial charge in [-0.2, -0.15) is 13.2 Å². The number of amides is 3. The van der Waals surface area contributed by atoms with E-state index in [0.29, 0.717) is 51.1 Å². The molecular weight excluding hydrogens is 1070 g/mol. The number of nitrogens with zero attached hydrogens (tertiary/aromatic N) is 9. The van der Waals surface area contributed by atoms with Gasteiger partial charge in [0.25, 0.3) is 0 Å². The molecule has 2 aromatic carbocycles. The maximum absolute atomic E-state index is 14.3. The Bertz CT molecular complexity index is 3570. The first-order chi connectivity index (χ1) is 37.1. The van der Waals surface area contributed by atoms with Crippen molar-refractivity contribution in [2.75, 3.05) is 16.0 Å². The highest BCUT2D eigenvalue weighted by molar-refractivity contribution is 6.30. The van der Waals surface area contributed by atoms with E-state index in [1.54, 1.807) is 31.2 Å². The van der Waals surface area contributed by atoms with Crippen molar-refractivity contribution in [3.8, 4) is 17.1 Å². The Kier molecular flexibility index (Phi) is 17.4. The molecule has 3 N–H and O–H groups in total. The molecule has 6 heterocycles. The van der Waals surface area contributed by atoms with Crippen LogP contribution in [0.5, 0.6) is 5.75 Å². The fourth-order valence-corrected chi connectivity index (χ4v) is 8.43. The van der Waals surface area contributed by atoms with E-state index in [-0.39, 0.29) is 52.7 Å². The van der Waals surface area contributed by atoms with Gasteiger partial charge in [-0.3, -0.25) is 44.0 Å². The quantitative estimate of drug-likeness (QED) is 0.105. The summed E-state index contributed by atoms with van der Waals surface area (Å²) in [4.78, 5) is 63.8. The number of fused-ring (bicyclic) bond motifs is 3. The third kappa shape index (κ3) is 15.2. The largest absolute Gasteiger partial charge is 0.573 e. The molecule has 1 saturated carbocycles. The summed E-state index contributed by atoms with van der Waals surface area (Å²) in [5, 5.41) is 8.83. The van der Waals surface area contributed by atoms with Gasteiger partial charge >= 0.3 is 12.5 Å². The van der Waals surface area contributed by atoms with Crippen LogP contribution in [0.1, 0.15) is 117 Å². The molecule has 1 aliphatic rings. The normalized spacial score (nSPS) is 13.3. The first kappa shape index (κ1) is 60.0. The van der Waals surface area contributed by atoms with Crippen molar-refractivity contribution in [3.05, 3.63) is 107 Å². The van der Waals surface area contributed by atoms with Crippen LogP contribution in [0.25, 0.3) is 44.9 Å². The summed E-state index contributed by atoms with van der Waals surface area (Å²) in [6, 6.07) is 21.4. The highest BCUT2D eigenvalue weighted by Crippen LogP contribution is 2.41. The Hall–Kier alpha value is -7.69. The van der Waals surface area contributed by atoms with Gasteiger partial charge in [-0.05, 0) is 124 Å². The molecule has 426 valence electrons. The number of benzene rings is 2. The molecule has 0 unspecified atom stereocenters. The molecule has 80 heavy (non-hydrogen) atoms. The molecule has 0 aliphatic heterocycles. The van der Waals surface area contributed by atoms with E-state index in [2.05, 4.69) is 50.6 Å². The van der Waals surface area contributed by atoms with Crippen molar-refractivity contribution in [1.82, 2.24) is 43.6 Å². The average molecular weight is 1140 g/mol. The van der Waals surface area contributed by atoms with E-state index in [1.807, 2.05) is 101 Å². The smallest absolute Gasteiger partial charge is 0.403 e. The van der Waals surface area contributed by atoms with Crippen LogP contribution in [0.4, 0.5) is 48.6 Å². The van der Waals surface area contributed by atoms with Crippen molar-refractivity contribution >= 4 is 80.7 Å². The Morgan fingerprint density at radius 3 is 1.40 bits per heavy atom. The predicted molar refractivity (Wildman–Crippen MR) is 292 cm³/mol. The fourth-order valence-electron chi connectivity index (χ4n) is 8.31. The minimum Gasteiger partial charge on any atom is -0.403 e. The van der Waals surface area contributed by atoms with Gasteiger partial charge < -0.3 is 4.74 Å². The molecule has 1 aliphatic carbocycles. The summed E-state index contributed by atoms with van der Waals surface area (Å²) in [6.07, 6.45) is -6.55. The number of hydrogen-bond acceptors (Lipinski definition) is 10. The number of aryl methyl sites for hydroxylation is 3. The molecule has 8 aromatic rings. The number of pyridine rings is 3. The Morgan fingerprint density at radius 2 is 0.975 bits per heavy atom. The minimum absolute atomic E-state index is 0.0743.